The molecule has 1 aliphatic rings. The molecule has 4 rings (SSSR count). The van der Waals surface area contributed by atoms with Gasteiger partial charge in [-0.25, -0.2) is 4.98 Å². The van der Waals surface area contributed by atoms with E-state index >= 15 is 0 Å². The van der Waals surface area contributed by atoms with E-state index in [-0.39, 0.29) is 5.78 Å². The molecule has 0 bridgehead atoms. The van der Waals surface area contributed by atoms with E-state index in [1.54, 1.807) is 38.5 Å². The van der Waals surface area contributed by atoms with Crippen LogP contribution in [0.4, 0.5) is 5.82 Å². The lowest BCUT2D eigenvalue weighted by Gasteiger charge is -2.29. The molecule has 2 aromatic carbocycles. The fraction of sp³-hybridized carbons (Fsp3) is 0.250. The first-order valence-corrected chi connectivity index (χ1v) is 9.86. The highest BCUT2D eigenvalue weighted by atomic mass is 16.5. The Balaban J connectivity index is 1.68. The Bertz CT molecular complexity index is 1090. The lowest BCUT2D eigenvalue weighted by atomic mass is 10.1. The van der Waals surface area contributed by atoms with Crippen molar-refractivity contribution in [2.45, 2.75) is 0 Å². The van der Waals surface area contributed by atoms with Crippen LogP contribution in [0.1, 0.15) is 15.9 Å². The molecule has 0 atom stereocenters. The molecule has 1 saturated heterocycles. The summed E-state index contributed by atoms with van der Waals surface area (Å²) in [6.45, 7) is 2.88. The second-order valence-electron chi connectivity index (χ2n) is 6.96. The van der Waals surface area contributed by atoms with Crippen molar-refractivity contribution in [3.05, 3.63) is 65.7 Å². The molecular weight excluding hydrogens is 380 g/mol. The predicted molar refractivity (Wildman–Crippen MR) is 118 cm³/mol. The largest absolute Gasteiger partial charge is 0.493 e. The number of hydrogen-bond acceptors (Lipinski definition) is 6. The van der Waals surface area contributed by atoms with Crippen LogP contribution < -0.4 is 14.4 Å². The standard InChI is InChI=1S/C24H24N2O4/c1-28-22-10-8-18(16-23(22)29-2)21(27)9-7-19-15-17-5-3-4-6-20(17)25-24(19)26-11-13-30-14-12-26/h3-10,15-16H,11-14H2,1-2H3. The Morgan fingerprint density at radius 3 is 2.57 bits per heavy atom. The second kappa shape index (κ2) is 8.97. The number of allylic oxidation sites excluding steroid dienone is 1. The van der Waals surface area contributed by atoms with Crippen molar-refractivity contribution >= 4 is 28.6 Å². The zero-order chi connectivity index (χ0) is 20.9. The second-order valence-corrected chi connectivity index (χ2v) is 6.96. The maximum absolute atomic E-state index is 12.8. The zero-order valence-electron chi connectivity index (χ0n) is 17.1. The van der Waals surface area contributed by atoms with Gasteiger partial charge in [0.25, 0.3) is 0 Å². The Morgan fingerprint density at radius 1 is 1.03 bits per heavy atom. The highest BCUT2D eigenvalue weighted by Gasteiger charge is 2.17. The number of fused-ring (bicyclic) bond motifs is 1. The third kappa shape index (κ3) is 4.14. The highest BCUT2D eigenvalue weighted by Crippen LogP contribution is 2.29. The topological polar surface area (TPSA) is 60.9 Å². The van der Waals surface area contributed by atoms with Crippen molar-refractivity contribution in [2.24, 2.45) is 0 Å². The van der Waals surface area contributed by atoms with E-state index < -0.39 is 0 Å². The quantitative estimate of drug-likeness (QED) is 0.457. The van der Waals surface area contributed by atoms with E-state index in [2.05, 4.69) is 11.0 Å². The van der Waals surface area contributed by atoms with E-state index in [0.29, 0.717) is 30.3 Å². The number of para-hydroxylation sites is 1. The van der Waals surface area contributed by atoms with Crippen LogP contribution in [-0.2, 0) is 4.74 Å². The number of rotatable bonds is 6. The average Bonchev–Trinajstić information content (AvgIpc) is 2.82. The van der Waals surface area contributed by atoms with Crippen molar-refractivity contribution in [1.29, 1.82) is 0 Å². The van der Waals surface area contributed by atoms with Crippen LogP contribution in [0.5, 0.6) is 11.5 Å². The molecular formula is C24H24N2O4. The summed E-state index contributed by atoms with van der Waals surface area (Å²) in [6.07, 6.45) is 3.42. The molecule has 1 fully saturated rings. The minimum Gasteiger partial charge on any atom is -0.493 e. The van der Waals surface area contributed by atoms with Crippen molar-refractivity contribution in [1.82, 2.24) is 4.98 Å². The van der Waals surface area contributed by atoms with E-state index in [1.165, 1.54) is 0 Å². The Morgan fingerprint density at radius 2 is 1.80 bits per heavy atom. The van der Waals surface area contributed by atoms with Crippen molar-refractivity contribution in [3.8, 4) is 11.5 Å². The maximum Gasteiger partial charge on any atom is 0.185 e. The summed E-state index contributed by atoms with van der Waals surface area (Å²) >= 11 is 0. The molecule has 0 amide bonds. The lowest BCUT2D eigenvalue weighted by Crippen LogP contribution is -2.37. The molecule has 6 heteroatoms. The minimum atomic E-state index is -0.114. The van der Waals surface area contributed by atoms with Gasteiger partial charge in [-0.15, -0.1) is 0 Å². The van der Waals surface area contributed by atoms with Gasteiger partial charge in [-0.1, -0.05) is 18.2 Å². The predicted octanol–water partition coefficient (Wildman–Crippen LogP) is 3.98. The van der Waals surface area contributed by atoms with Gasteiger partial charge in [0.2, 0.25) is 0 Å². The number of morpholine rings is 1. The van der Waals surface area contributed by atoms with Crippen molar-refractivity contribution in [2.75, 3.05) is 45.4 Å². The van der Waals surface area contributed by atoms with Gasteiger partial charge < -0.3 is 19.1 Å². The first kappa shape index (κ1) is 19.9. The van der Waals surface area contributed by atoms with Gasteiger partial charge in [0.15, 0.2) is 17.3 Å². The highest BCUT2D eigenvalue weighted by molar-refractivity contribution is 6.07. The normalized spacial score (nSPS) is 14.3. The Hall–Kier alpha value is -3.38. The smallest absolute Gasteiger partial charge is 0.185 e. The van der Waals surface area contributed by atoms with Crippen LogP contribution in [0, 0.1) is 0 Å². The molecule has 0 N–H and O–H groups in total. The van der Waals surface area contributed by atoms with Gasteiger partial charge in [0, 0.05) is 29.6 Å². The van der Waals surface area contributed by atoms with Gasteiger partial charge in [0.05, 0.1) is 33.0 Å². The molecule has 1 aromatic heterocycles. The molecule has 0 saturated carbocycles. The molecule has 0 radical (unpaired) electrons. The number of anilines is 1. The van der Waals surface area contributed by atoms with Gasteiger partial charge >= 0.3 is 0 Å². The number of ketones is 1. The van der Waals surface area contributed by atoms with Gasteiger partial charge in [-0.3, -0.25) is 4.79 Å². The molecule has 0 aliphatic carbocycles. The maximum atomic E-state index is 12.8. The summed E-state index contributed by atoms with van der Waals surface area (Å²) in [6, 6.07) is 15.2. The number of ether oxygens (including phenoxy) is 3. The fourth-order valence-electron chi connectivity index (χ4n) is 3.52. The first-order chi connectivity index (χ1) is 14.7. The van der Waals surface area contributed by atoms with Crippen LogP contribution >= 0.6 is 0 Å². The number of hydrogen-bond donors (Lipinski definition) is 0. The summed E-state index contributed by atoms with van der Waals surface area (Å²) < 4.78 is 16.0. The number of pyridine rings is 1. The Kier molecular flexibility index (Phi) is 5.95. The summed E-state index contributed by atoms with van der Waals surface area (Å²) in [5.41, 5.74) is 2.37. The first-order valence-electron chi connectivity index (χ1n) is 9.86. The summed E-state index contributed by atoms with van der Waals surface area (Å²) in [5, 5.41) is 1.03. The van der Waals surface area contributed by atoms with Gasteiger partial charge in [0.1, 0.15) is 5.82 Å². The molecule has 3 aromatic rings. The molecule has 0 spiro atoms. The number of nitrogens with zero attached hydrogens (tertiary/aromatic N) is 2. The monoisotopic (exact) mass is 404 g/mol. The van der Waals surface area contributed by atoms with E-state index in [1.807, 2.05) is 30.3 Å². The number of benzene rings is 2. The van der Waals surface area contributed by atoms with Crippen LogP contribution in [0.2, 0.25) is 0 Å². The fourth-order valence-corrected chi connectivity index (χ4v) is 3.52. The van der Waals surface area contributed by atoms with Gasteiger partial charge in [-0.2, -0.15) is 0 Å². The minimum absolute atomic E-state index is 0.114. The van der Waals surface area contributed by atoms with Crippen molar-refractivity contribution in [3.63, 3.8) is 0 Å². The van der Waals surface area contributed by atoms with Crippen LogP contribution in [0.25, 0.3) is 17.0 Å². The average molecular weight is 404 g/mol. The lowest BCUT2D eigenvalue weighted by molar-refractivity contribution is 0.104. The zero-order valence-corrected chi connectivity index (χ0v) is 17.1. The van der Waals surface area contributed by atoms with Crippen LogP contribution in [0.15, 0.2) is 54.6 Å². The van der Waals surface area contributed by atoms with Crippen LogP contribution in [-0.4, -0.2) is 51.3 Å². The van der Waals surface area contributed by atoms with Crippen molar-refractivity contribution < 1.29 is 19.0 Å². The molecule has 0 unspecified atom stereocenters. The van der Waals surface area contributed by atoms with Crippen LogP contribution in [0.3, 0.4) is 0 Å². The number of carbonyl (C=O) groups is 1. The third-order valence-corrected chi connectivity index (χ3v) is 5.13. The number of aromatic nitrogens is 1. The van der Waals surface area contributed by atoms with E-state index in [0.717, 1.165) is 35.4 Å². The number of methoxy groups -OCH3 is 2. The SMILES string of the molecule is COc1ccc(C(=O)C=Cc2cc3ccccc3nc2N2CCOCC2)cc1OC. The van der Waals surface area contributed by atoms with E-state index in [9.17, 15) is 4.79 Å². The van der Waals surface area contributed by atoms with E-state index in [4.69, 9.17) is 19.2 Å². The number of carbonyl (C=O) groups excluding carboxylic acids is 1. The summed E-state index contributed by atoms with van der Waals surface area (Å²) in [5.74, 6) is 1.87. The summed E-state index contributed by atoms with van der Waals surface area (Å²) in [7, 11) is 3.12. The summed E-state index contributed by atoms with van der Waals surface area (Å²) in [4.78, 5) is 19.9. The molecule has 2 heterocycles. The molecule has 30 heavy (non-hydrogen) atoms. The molecule has 6 nitrogen and oxygen atoms in total. The molecule has 154 valence electrons. The third-order valence-electron chi connectivity index (χ3n) is 5.13. The molecule has 1 aliphatic heterocycles. The Labute approximate surface area is 175 Å². The van der Waals surface area contributed by atoms with Gasteiger partial charge in [-0.05, 0) is 42.5 Å².